The van der Waals surface area contributed by atoms with Gasteiger partial charge in [0.1, 0.15) is 11.7 Å². The molecule has 1 fully saturated rings. The van der Waals surface area contributed by atoms with Crippen molar-refractivity contribution < 1.29 is 27.9 Å². The number of hydrogen-bond donors (Lipinski definition) is 2. The Hall–Kier alpha value is -2.16. The number of halogens is 3. The van der Waals surface area contributed by atoms with Gasteiger partial charge < -0.3 is 15.3 Å². The Labute approximate surface area is 117 Å². The van der Waals surface area contributed by atoms with E-state index < -0.39 is 29.8 Å². The van der Waals surface area contributed by atoms with Gasteiger partial charge >= 0.3 is 12.1 Å². The molecule has 0 aliphatic carbocycles. The summed E-state index contributed by atoms with van der Waals surface area (Å²) in [5, 5.41) is 11.9. The van der Waals surface area contributed by atoms with Gasteiger partial charge in [-0.2, -0.15) is 13.2 Å². The Morgan fingerprint density at radius 3 is 2.62 bits per heavy atom. The molecule has 21 heavy (non-hydrogen) atoms. The SMILES string of the molecule is O=C(O)C1CNCCN1C(=O)c1ccc(C(F)(F)F)nc1. The van der Waals surface area contributed by atoms with Crippen molar-refractivity contribution in [3.8, 4) is 0 Å². The summed E-state index contributed by atoms with van der Waals surface area (Å²) in [6.45, 7) is 0.676. The molecule has 114 valence electrons. The lowest BCUT2D eigenvalue weighted by molar-refractivity contribution is -0.143. The standard InChI is InChI=1S/C12H12F3N3O3/c13-12(14,15)9-2-1-7(5-17-9)10(19)18-4-3-16-6-8(18)11(20)21/h1-2,5,8,16H,3-4,6H2,(H,20,21). The molecule has 1 aromatic heterocycles. The van der Waals surface area contributed by atoms with Crippen LogP contribution in [-0.2, 0) is 11.0 Å². The fraction of sp³-hybridized carbons (Fsp3) is 0.417. The number of carbonyl (C=O) groups is 2. The van der Waals surface area contributed by atoms with Gasteiger partial charge in [0.25, 0.3) is 5.91 Å². The number of nitrogens with zero attached hydrogens (tertiary/aromatic N) is 2. The predicted molar refractivity (Wildman–Crippen MR) is 64.6 cm³/mol. The van der Waals surface area contributed by atoms with Crippen LogP contribution in [0.3, 0.4) is 0 Å². The number of piperazine rings is 1. The van der Waals surface area contributed by atoms with E-state index in [-0.39, 0.29) is 18.7 Å². The van der Waals surface area contributed by atoms with Gasteiger partial charge in [-0.15, -0.1) is 0 Å². The van der Waals surface area contributed by atoms with E-state index in [9.17, 15) is 22.8 Å². The molecule has 2 N–H and O–H groups in total. The molecule has 1 aliphatic rings. The van der Waals surface area contributed by atoms with Gasteiger partial charge in [0, 0.05) is 25.8 Å². The zero-order valence-corrected chi connectivity index (χ0v) is 10.7. The summed E-state index contributed by atoms with van der Waals surface area (Å²) in [4.78, 5) is 27.6. The molecule has 0 radical (unpaired) electrons. The summed E-state index contributed by atoms with van der Waals surface area (Å²) in [7, 11) is 0. The van der Waals surface area contributed by atoms with Crippen molar-refractivity contribution >= 4 is 11.9 Å². The van der Waals surface area contributed by atoms with Gasteiger partial charge in [0.2, 0.25) is 0 Å². The lowest BCUT2D eigenvalue weighted by atomic mass is 10.1. The summed E-state index contributed by atoms with van der Waals surface area (Å²) in [5.74, 6) is -1.82. The van der Waals surface area contributed by atoms with E-state index in [0.717, 1.165) is 17.2 Å². The van der Waals surface area contributed by atoms with Crippen molar-refractivity contribution in [3.05, 3.63) is 29.6 Å². The Morgan fingerprint density at radius 2 is 2.10 bits per heavy atom. The molecule has 0 aromatic carbocycles. The monoisotopic (exact) mass is 303 g/mol. The second-order valence-corrected chi connectivity index (χ2v) is 4.49. The van der Waals surface area contributed by atoms with Gasteiger partial charge in [-0.1, -0.05) is 0 Å². The topological polar surface area (TPSA) is 82.5 Å². The quantitative estimate of drug-likeness (QED) is 0.836. The van der Waals surface area contributed by atoms with E-state index in [4.69, 9.17) is 5.11 Å². The van der Waals surface area contributed by atoms with E-state index in [2.05, 4.69) is 10.3 Å². The lowest BCUT2D eigenvalue weighted by Gasteiger charge is -2.33. The van der Waals surface area contributed by atoms with E-state index in [1.807, 2.05) is 0 Å². The number of rotatable bonds is 2. The Bertz CT molecular complexity index is 545. The average Bonchev–Trinajstić information content (AvgIpc) is 2.45. The molecule has 0 spiro atoms. The van der Waals surface area contributed by atoms with Gasteiger partial charge in [-0.25, -0.2) is 4.79 Å². The Balaban J connectivity index is 2.20. The molecule has 9 heteroatoms. The number of carbonyl (C=O) groups excluding carboxylic acids is 1. The highest BCUT2D eigenvalue weighted by atomic mass is 19.4. The zero-order chi connectivity index (χ0) is 15.6. The first-order chi connectivity index (χ1) is 9.80. The molecular weight excluding hydrogens is 291 g/mol. The van der Waals surface area contributed by atoms with Crippen molar-refractivity contribution in [2.45, 2.75) is 12.2 Å². The number of amides is 1. The van der Waals surface area contributed by atoms with Gasteiger partial charge in [-0.3, -0.25) is 9.78 Å². The van der Waals surface area contributed by atoms with Gasteiger partial charge in [0.05, 0.1) is 5.56 Å². The van der Waals surface area contributed by atoms with Crippen LogP contribution >= 0.6 is 0 Å². The number of alkyl halides is 3. The molecule has 0 bridgehead atoms. The Kier molecular flexibility index (Phi) is 4.12. The van der Waals surface area contributed by atoms with E-state index >= 15 is 0 Å². The Morgan fingerprint density at radius 1 is 1.38 bits per heavy atom. The molecule has 6 nitrogen and oxygen atoms in total. The highest BCUT2D eigenvalue weighted by Crippen LogP contribution is 2.27. The first-order valence-corrected chi connectivity index (χ1v) is 6.08. The van der Waals surface area contributed by atoms with Crippen LogP contribution < -0.4 is 5.32 Å². The van der Waals surface area contributed by atoms with Crippen LogP contribution in [0.15, 0.2) is 18.3 Å². The number of carboxylic acid groups (broad SMARTS) is 1. The molecule has 2 rings (SSSR count). The number of nitrogens with one attached hydrogen (secondary N) is 1. The largest absolute Gasteiger partial charge is 0.480 e. The minimum absolute atomic E-state index is 0.0730. The number of hydrogen-bond acceptors (Lipinski definition) is 4. The third-order valence-electron chi connectivity index (χ3n) is 3.09. The number of pyridine rings is 1. The molecule has 1 aliphatic heterocycles. The van der Waals surface area contributed by atoms with Crippen LogP contribution in [0.2, 0.25) is 0 Å². The summed E-state index contributed by atoms with van der Waals surface area (Å²) >= 11 is 0. The second kappa shape index (κ2) is 5.68. The van der Waals surface area contributed by atoms with Gasteiger partial charge in [0.15, 0.2) is 0 Å². The number of aliphatic carboxylic acids is 1. The van der Waals surface area contributed by atoms with Gasteiger partial charge in [-0.05, 0) is 12.1 Å². The van der Waals surface area contributed by atoms with Crippen LogP contribution in [0.25, 0.3) is 0 Å². The highest BCUT2D eigenvalue weighted by Gasteiger charge is 2.34. The highest BCUT2D eigenvalue weighted by molar-refractivity contribution is 5.96. The van der Waals surface area contributed by atoms with E-state index in [1.54, 1.807) is 0 Å². The fourth-order valence-corrected chi connectivity index (χ4v) is 2.02. The summed E-state index contributed by atoms with van der Waals surface area (Å²) in [6.07, 6.45) is -3.77. The maximum absolute atomic E-state index is 12.4. The van der Waals surface area contributed by atoms with Crippen molar-refractivity contribution in [2.24, 2.45) is 0 Å². The molecule has 1 aromatic rings. The van der Waals surface area contributed by atoms with Crippen LogP contribution in [-0.4, -0.2) is 52.5 Å². The smallest absolute Gasteiger partial charge is 0.433 e. The van der Waals surface area contributed by atoms with Crippen LogP contribution in [0.4, 0.5) is 13.2 Å². The van der Waals surface area contributed by atoms with Crippen molar-refractivity contribution in [1.29, 1.82) is 0 Å². The zero-order valence-electron chi connectivity index (χ0n) is 10.7. The van der Waals surface area contributed by atoms with E-state index in [1.165, 1.54) is 0 Å². The minimum Gasteiger partial charge on any atom is -0.480 e. The van der Waals surface area contributed by atoms with Crippen LogP contribution in [0.1, 0.15) is 16.1 Å². The normalized spacial score (nSPS) is 19.4. The maximum Gasteiger partial charge on any atom is 0.433 e. The van der Waals surface area contributed by atoms with Crippen LogP contribution in [0, 0.1) is 0 Å². The maximum atomic E-state index is 12.4. The molecule has 0 saturated carbocycles. The molecular formula is C12H12F3N3O3. The van der Waals surface area contributed by atoms with E-state index in [0.29, 0.717) is 12.6 Å². The molecule has 1 unspecified atom stereocenters. The lowest BCUT2D eigenvalue weighted by Crippen LogP contribution is -2.57. The first-order valence-electron chi connectivity index (χ1n) is 6.08. The fourth-order valence-electron chi connectivity index (χ4n) is 2.02. The van der Waals surface area contributed by atoms with Crippen molar-refractivity contribution in [1.82, 2.24) is 15.2 Å². The number of aromatic nitrogens is 1. The third-order valence-corrected chi connectivity index (χ3v) is 3.09. The molecule has 1 amide bonds. The molecule has 1 saturated heterocycles. The second-order valence-electron chi connectivity index (χ2n) is 4.49. The summed E-state index contributed by atoms with van der Waals surface area (Å²) < 4.78 is 37.2. The first kappa shape index (κ1) is 15.2. The minimum atomic E-state index is -4.58. The molecule has 1 atom stereocenters. The summed E-state index contributed by atoms with van der Waals surface area (Å²) in [6, 6.07) is 0.651. The van der Waals surface area contributed by atoms with Crippen LogP contribution in [0.5, 0.6) is 0 Å². The predicted octanol–water partition coefficient (Wildman–Crippen LogP) is 0.599. The average molecular weight is 303 g/mol. The number of carboxylic acids is 1. The third kappa shape index (κ3) is 3.30. The van der Waals surface area contributed by atoms with Crippen molar-refractivity contribution in [2.75, 3.05) is 19.6 Å². The summed E-state index contributed by atoms with van der Waals surface area (Å²) in [5.41, 5.74) is -1.18. The molecule has 2 heterocycles. The van der Waals surface area contributed by atoms with Crippen molar-refractivity contribution in [3.63, 3.8) is 0 Å².